The summed E-state index contributed by atoms with van der Waals surface area (Å²) < 4.78 is 32.6. The Morgan fingerprint density at radius 2 is 1.91 bits per heavy atom. The van der Waals surface area contributed by atoms with Crippen molar-refractivity contribution in [1.29, 1.82) is 0 Å². The molecular weight excluding hydrogens is 312 g/mol. The number of aryl methyl sites for hydroxylation is 2. The van der Waals surface area contributed by atoms with Crippen molar-refractivity contribution in [2.75, 3.05) is 0 Å². The molecule has 1 heterocycles. The molecular formula is C17H18N2O3S. The number of sulfonamides is 1. The number of benzene rings is 2. The van der Waals surface area contributed by atoms with Gasteiger partial charge in [0.15, 0.2) is 11.5 Å². The molecule has 1 N–H and O–H groups in total. The lowest BCUT2D eigenvalue weighted by Gasteiger charge is -2.09. The molecule has 5 nitrogen and oxygen atoms in total. The van der Waals surface area contributed by atoms with Crippen LogP contribution in [0.15, 0.2) is 46.9 Å². The molecule has 0 unspecified atom stereocenters. The SMILES string of the molecule is Cc1nc2ccc(CNS(=O)(=O)Cc3ccccc3C)cc2o1. The first-order valence-electron chi connectivity index (χ1n) is 7.31. The lowest BCUT2D eigenvalue weighted by atomic mass is 10.1. The lowest BCUT2D eigenvalue weighted by Crippen LogP contribution is -2.25. The van der Waals surface area contributed by atoms with Crippen molar-refractivity contribution in [2.24, 2.45) is 0 Å². The van der Waals surface area contributed by atoms with Crippen LogP contribution < -0.4 is 4.72 Å². The van der Waals surface area contributed by atoms with Gasteiger partial charge in [0.1, 0.15) is 5.52 Å². The van der Waals surface area contributed by atoms with Crippen LogP contribution in [0.3, 0.4) is 0 Å². The molecule has 0 aliphatic heterocycles. The number of nitrogens with one attached hydrogen (secondary N) is 1. The molecule has 1 aromatic heterocycles. The van der Waals surface area contributed by atoms with Crippen LogP contribution in [-0.2, 0) is 22.3 Å². The van der Waals surface area contributed by atoms with Crippen molar-refractivity contribution in [3.63, 3.8) is 0 Å². The number of hydrogen-bond acceptors (Lipinski definition) is 4. The first kappa shape index (κ1) is 15.7. The summed E-state index contributed by atoms with van der Waals surface area (Å²) in [5, 5.41) is 0. The van der Waals surface area contributed by atoms with Gasteiger partial charge >= 0.3 is 0 Å². The molecule has 2 aromatic carbocycles. The molecule has 120 valence electrons. The maximum atomic E-state index is 12.2. The van der Waals surface area contributed by atoms with Gasteiger partial charge in [-0.25, -0.2) is 18.1 Å². The molecule has 0 saturated heterocycles. The van der Waals surface area contributed by atoms with Crippen molar-refractivity contribution in [1.82, 2.24) is 9.71 Å². The topological polar surface area (TPSA) is 72.2 Å². The van der Waals surface area contributed by atoms with Crippen LogP contribution in [0.25, 0.3) is 11.1 Å². The largest absolute Gasteiger partial charge is 0.441 e. The van der Waals surface area contributed by atoms with Crippen LogP contribution in [0.1, 0.15) is 22.6 Å². The van der Waals surface area contributed by atoms with Crippen molar-refractivity contribution in [3.8, 4) is 0 Å². The Kier molecular flexibility index (Phi) is 4.19. The van der Waals surface area contributed by atoms with E-state index in [0.29, 0.717) is 11.5 Å². The Morgan fingerprint density at radius 1 is 1.13 bits per heavy atom. The smallest absolute Gasteiger partial charge is 0.216 e. The highest BCUT2D eigenvalue weighted by atomic mass is 32.2. The fourth-order valence-corrected chi connectivity index (χ4v) is 3.64. The van der Waals surface area contributed by atoms with Crippen LogP contribution in [0.4, 0.5) is 0 Å². The van der Waals surface area contributed by atoms with Gasteiger partial charge in [0.25, 0.3) is 0 Å². The maximum Gasteiger partial charge on any atom is 0.216 e. The van der Waals surface area contributed by atoms with Crippen molar-refractivity contribution in [3.05, 3.63) is 65.0 Å². The van der Waals surface area contributed by atoms with Gasteiger partial charge in [-0.3, -0.25) is 0 Å². The van der Waals surface area contributed by atoms with E-state index in [1.165, 1.54) is 0 Å². The summed E-state index contributed by atoms with van der Waals surface area (Å²) in [5.41, 5.74) is 4.05. The van der Waals surface area contributed by atoms with Gasteiger partial charge in [-0.2, -0.15) is 0 Å². The molecule has 0 atom stereocenters. The zero-order chi connectivity index (χ0) is 16.4. The van der Waals surface area contributed by atoms with E-state index in [1.54, 1.807) is 6.92 Å². The summed E-state index contributed by atoms with van der Waals surface area (Å²) in [4.78, 5) is 4.22. The van der Waals surface area contributed by atoms with Crippen LogP contribution in [0.2, 0.25) is 0 Å². The van der Waals surface area contributed by atoms with Crippen LogP contribution >= 0.6 is 0 Å². The zero-order valence-electron chi connectivity index (χ0n) is 13.0. The lowest BCUT2D eigenvalue weighted by molar-refractivity contribution is 0.560. The summed E-state index contributed by atoms with van der Waals surface area (Å²) in [6.07, 6.45) is 0. The molecule has 0 radical (unpaired) electrons. The van der Waals surface area contributed by atoms with Crippen molar-refractivity contribution in [2.45, 2.75) is 26.1 Å². The third-order valence-corrected chi connectivity index (χ3v) is 4.94. The van der Waals surface area contributed by atoms with E-state index in [1.807, 2.05) is 49.4 Å². The highest BCUT2D eigenvalue weighted by Crippen LogP contribution is 2.17. The van der Waals surface area contributed by atoms with Gasteiger partial charge < -0.3 is 4.42 Å². The van der Waals surface area contributed by atoms with Gasteiger partial charge in [0.2, 0.25) is 10.0 Å². The van der Waals surface area contributed by atoms with Gasteiger partial charge in [-0.05, 0) is 35.7 Å². The Hall–Kier alpha value is -2.18. The van der Waals surface area contributed by atoms with Gasteiger partial charge in [-0.15, -0.1) is 0 Å². The minimum absolute atomic E-state index is 0.0245. The molecule has 3 rings (SSSR count). The summed E-state index contributed by atoms with van der Waals surface area (Å²) in [7, 11) is -3.40. The van der Waals surface area contributed by atoms with E-state index in [2.05, 4.69) is 9.71 Å². The number of fused-ring (bicyclic) bond motifs is 1. The quantitative estimate of drug-likeness (QED) is 0.780. The fourth-order valence-electron chi connectivity index (χ4n) is 2.42. The van der Waals surface area contributed by atoms with E-state index >= 15 is 0 Å². The summed E-state index contributed by atoms with van der Waals surface area (Å²) in [6, 6.07) is 13.0. The zero-order valence-corrected chi connectivity index (χ0v) is 13.9. The molecule has 0 saturated carbocycles. The minimum atomic E-state index is -3.40. The second-order valence-electron chi connectivity index (χ2n) is 5.54. The van der Waals surface area contributed by atoms with Gasteiger partial charge in [0.05, 0.1) is 5.75 Å². The third kappa shape index (κ3) is 3.78. The maximum absolute atomic E-state index is 12.2. The Balaban J connectivity index is 1.71. The molecule has 23 heavy (non-hydrogen) atoms. The molecule has 0 bridgehead atoms. The minimum Gasteiger partial charge on any atom is -0.441 e. The van der Waals surface area contributed by atoms with E-state index in [4.69, 9.17) is 4.42 Å². The van der Waals surface area contributed by atoms with Crippen LogP contribution in [-0.4, -0.2) is 13.4 Å². The van der Waals surface area contributed by atoms with E-state index in [0.717, 1.165) is 22.2 Å². The van der Waals surface area contributed by atoms with E-state index < -0.39 is 10.0 Å². The molecule has 3 aromatic rings. The molecule has 0 amide bonds. The molecule has 0 aliphatic carbocycles. The first-order valence-corrected chi connectivity index (χ1v) is 8.96. The van der Waals surface area contributed by atoms with E-state index in [-0.39, 0.29) is 12.3 Å². The predicted octanol–water partition coefficient (Wildman–Crippen LogP) is 3.06. The number of aromatic nitrogens is 1. The van der Waals surface area contributed by atoms with Gasteiger partial charge in [-0.1, -0.05) is 30.3 Å². The monoisotopic (exact) mass is 330 g/mol. The number of nitrogens with zero attached hydrogens (tertiary/aromatic N) is 1. The van der Waals surface area contributed by atoms with Crippen LogP contribution in [0, 0.1) is 13.8 Å². The van der Waals surface area contributed by atoms with Crippen LogP contribution in [0.5, 0.6) is 0 Å². The predicted molar refractivity (Wildman–Crippen MR) is 89.4 cm³/mol. The van der Waals surface area contributed by atoms with Gasteiger partial charge in [0, 0.05) is 13.5 Å². The normalized spacial score (nSPS) is 11.9. The average molecular weight is 330 g/mol. The van der Waals surface area contributed by atoms with E-state index in [9.17, 15) is 8.42 Å². The average Bonchev–Trinajstić information content (AvgIpc) is 2.87. The second kappa shape index (κ2) is 6.14. The van der Waals surface area contributed by atoms with Crippen molar-refractivity contribution >= 4 is 21.1 Å². The summed E-state index contributed by atoms with van der Waals surface area (Å²) in [5.74, 6) is 0.570. The molecule has 0 aliphatic rings. The molecule has 0 spiro atoms. The number of rotatable bonds is 5. The summed E-state index contributed by atoms with van der Waals surface area (Å²) >= 11 is 0. The first-order chi connectivity index (χ1) is 10.9. The summed E-state index contributed by atoms with van der Waals surface area (Å²) in [6.45, 7) is 3.92. The molecule has 0 fully saturated rings. The van der Waals surface area contributed by atoms with Crippen molar-refractivity contribution < 1.29 is 12.8 Å². The Bertz CT molecular complexity index is 945. The second-order valence-corrected chi connectivity index (χ2v) is 7.35. The Morgan fingerprint density at radius 3 is 2.70 bits per heavy atom. The Labute approximate surface area is 135 Å². The highest BCUT2D eigenvalue weighted by molar-refractivity contribution is 7.88. The third-order valence-electron chi connectivity index (χ3n) is 3.66. The number of hydrogen-bond donors (Lipinski definition) is 1. The molecule has 6 heteroatoms. The standard InChI is InChI=1S/C17H18N2O3S/c1-12-5-3-4-6-15(12)11-23(20,21)18-10-14-7-8-16-17(9-14)22-13(2)19-16/h3-9,18H,10-11H2,1-2H3. The fraction of sp³-hybridized carbons (Fsp3) is 0.235. The number of oxazole rings is 1. The highest BCUT2D eigenvalue weighted by Gasteiger charge is 2.13.